The highest BCUT2D eigenvalue weighted by molar-refractivity contribution is 5.65. The lowest BCUT2D eigenvalue weighted by molar-refractivity contribution is -0.137. The van der Waals surface area contributed by atoms with Gasteiger partial charge in [0.1, 0.15) is 0 Å². The topological polar surface area (TPSA) is 26.3 Å². The summed E-state index contributed by atoms with van der Waals surface area (Å²) in [6.45, 7) is 48.0. The fraction of sp³-hybridized carbons (Fsp3) is 0.667. The normalized spacial score (nSPS) is 21.2. The molecule has 2 bridgehead atoms. The number of fused-ring (bicyclic) bond motifs is 3. The fourth-order valence-corrected chi connectivity index (χ4v) is 7.21. The smallest absolute Gasteiger partial charge is 0.302 e. The van der Waals surface area contributed by atoms with Crippen molar-refractivity contribution in [3.8, 4) is 11.1 Å². The van der Waals surface area contributed by atoms with E-state index < -0.39 is 0 Å². The van der Waals surface area contributed by atoms with Crippen molar-refractivity contribution in [2.24, 2.45) is 28.6 Å². The van der Waals surface area contributed by atoms with E-state index in [0.29, 0.717) is 0 Å². The average Bonchev–Trinajstić information content (AvgIpc) is 3.35. The standard InChI is InChI=1S/C14H14.C10H18.C8H16.C8H14.C8H10.C3H6O2.6C2H6/c1-11-3-7-13(8-4-11)14-9-5-12(2)6-10-14;1-9-3-6-10(2,7-4-9)8-5-9;3*1-7-3-5-8(2)6-4-7;1-3(4)5-2;6*1-2/h3-10H,1-2H3;3-8H2,1-2H3;7-8H,3-6H2,1-2H3;3,8H,4-6H2,1-2H3;3-6H,1-2H3;1-2H3;6*1-2H3. The van der Waals surface area contributed by atoms with Crippen LogP contribution in [0.5, 0.6) is 0 Å². The van der Waals surface area contributed by atoms with Crippen molar-refractivity contribution in [2.45, 2.75) is 243 Å². The summed E-state index contributed by atoms with van der Waals surface area (Å²) in [6, 6.07) is 25.7. The van der Waals surface area contributed by atoms with Gasteiger partial charge in [-0.3, -0.25) is 4.79 Å². The van der Waals surface area contributed by atoms with E-state index in [9.17, 15) is 4.79 Å². The Kier molecular flexibility index (Phi) is 50.2. The minimum Gasteiger partial charge on any atom is -0.469 e. The highest BCUT2D eigenvalue weighted by Crippen LogP contribution is 2.56. The number of hydrogen-bond donors (Lipinski definition) is 0. The van der Waals surface area contributed by atoms with E-state index in [1.807, 2.05) is 83.1 Å². The second kappa shape index (κ2) is 46.0. The Morgan fingerprint density at radius 2 is 0.677 bits per heavy atom. The summed E-state index contributed by atoms with van der Waals surface area (Å²) in [7, 11) is 1.35. The zero-order valence-corrected chi connectivity index (χ0v) is 48.2. The first-order chi connectivity index (χ1) is 31.0. The van der Waals surface area contributed by atoms with Crippen molar-refractivity contribution < 1.29 is 9.53 Å². The van der Waals surface area contributed by atoms with Crippen molar-refractivity contribution in [2.75, 3.05) is 7.11 Å². The van der Waals surface area contributed by atoms with Crippen LogP contribution in [0.25, 0.3) is 11.1 Å². The molecule has 8 rings (SSSR count). The van der Waals surface area contributed by atoms with Crippen LogP contribution >= 0.6 is 0 Å². The van der Waals surface area contributed by atoms with Crippen LogP contribution in [0.15, 0.2) is 84.4 Å². The van der Waals surface area contributed by atoms with E-state index in [2.05, 4.69) is 153 Å². The molecule has 1 unspecified atom stereocenters. The first kappa shape index (κ1) is 70.9. The van der Waals surface area contributed by atoms with Gasteiger partial charge in [0.2, 0.25) is 0 Å². The number of methoxy groups -OCH3 is 1. The Bertz CT molecular complexity index is 1340. The second-order valence-corrected chi connectivity index (χ2v) is 18.0. The maximum Gasteiger partial charge on any atom is 0.302 e. The Balaban J connectivity index is -0.000000215. The van der Waals surface area contributed by atoms with Crippen molar-refractivity contribution >= 4 is 5.97 Å². The third kappa shape index (κ3) is 38.7. The van der Waals surface area contributed by atoms with E-state index in [1.54, 1.807) is 5.57 Å². The average molecular weight is 904 g/mol. The molecule has 2 nitrogen and oxygen atoms in total. The molecule has 0 amide bonds. The molecular formula is C63H114O2. The summed E-state index contributed by atoms with van der Waals surface area (Å²) in [5, 5.41) is 0. The summed E-state index contributed by atoms with van der Waals surface area (Å²) in [5.74, 6) is 2.74. The molecule has 5 aliphatic carbocycles. The van der Waals surface area contributed by atoms with E-state index in [1.165, 1.54) is 131 Å². The second-order valence-electron chi connectivity index (χ2n) is 18.0. The molecule has 378 valence electrons. The van der Waals surface area contributed by atoms with Gasteiger partial charge in [-0.25, -0.2) is 0 Å². The first-order valence-electron chi connectivity index (χ1n) is 26.9. The Labute approximate surface area is 410 Å². The summed E-state index contributed by atoms with van der Waals surface area (Å²) in [5.41, 5.74) is 11.0. The number of hydrogen-bond acceptors (Lipinski definition) is 2. The van der Waals surface area contributed by atoms with E-state index >= 15 is 0 Å². The van der Waals surface area contributed by atoms with E-state index in [4.69, 9.17) is 0 Å². The van der Waals surface area contributed by atoms with Gasteiger partial charge in [0.25, 0.3) is 0 Å². The Morgan fingerprint density at radius 3 is 0.862 bits per heavy atom. The van der Waals surface area contributed by atoms with Gasteiger partial charge in [-0.2, -0.15) is 0 Å². The van der Waals surface area contributed by atoms with Crippen LogP contribution in [0.1, 0.15) is 237 Å². The molecule has 2 heteroatoms. The number of ether oxygens (including phenoxy) is 1. The Morgan fingerprint density at radius 1 is 0.446 bits per heavy atom. The number of carbonyl (C=O) groups excluding carboxylic acids is 1. The number of allylic oxidation sites excluding steroid dienone is 2. The van der Waals surface area contributed by atoms with Crippen LogP contribution in [0, 0.1) is 56.3 Å². The Hall–Kier alpha value is -3.13. The van der Waals surface area contributed by atoms with Gasteiger partial charge in [0, 0.05) is 6.92 Å². The van der Waals surface area contributed by atoms with Gasteiger partial charge in [-0.15, -0.1) is 0 Å². The quantitative estimate of drug-likeness (QED) is 0.180. The molecule has 0 radical (unpaired) electrons. The minimum atomic E-state index is -0.245. The monoisotopic (exact) mass is 903 g/mol. The van der Waals surface area contributed by atoms with Crippen LogP contribution in [0.2, 0.25) is 0 Å². The SMILES string of the molecule is CC.CC.CC.CC.CC.CC.CC12CCC(C)(CC1)CC2.CC1=CCC(C)CC1.CC1CCC(C)CC1.COC(C)=O.Cc1ccc(-c2ccc(C)cc2)cc1.Cc1ccc(C)cc1. The molecule has 0 saturated heterocycles. The fourth-order valence-electron chi connectivity index (χ4n) is 7.21. The number of benzene rings is 3. The third-order valence-electron chi connectivity index (χ3n) is 12.1. The molecule has 0 spiro atoms. The lowest BCUT2D eigenvalue weighted by Gasteiger charge is -2.50. The number of aryl methyl sites for hydroxylation is 4. The molecule has 0 aromatic heterocycles. The van der Waals surface area contributed by atoms with E-state index in [0.717, 1.165) is 28.6 Å². The van der Waals surface area contributed by atoms with Gasteiger partial charge in [0.05, 0.1) is 7.11 Å². The highest BCUT2D eigenvalue weighted by atomic mass is 16.5. The number of carbonyl (C=O) groups is 1. The number of esters is 1. The van der Waals surface area contributed by atoms with Crippen molar-refractivity contribution in [3.63, 3.8) is 0 Å². The third-order valence-corrected chi connectivity index (χ3v) is 12.1. The zero-order valence-electron chi connectivity index (χ0n) is 48.2. The molecule has 4 saturated carbocycles. The maximum atomic E-state index is 9.59. The number of rotatable bonds is 1. The molecule has 5 aliphatic rings. The van der Waals surface area contributed by atoms with Crippen LogP contribution in [-0.2, 0) is 9.53 Å². The zero-order chi connectivity index (χ0) is 51.4. The van der Waals surface area contributed by atoms with Crippen molar-refractivity contribution in [1.29, 1.82) is 0 Å². The molecular weight excluding hydrogens is 789 g/mol. The summed E-state index contributed by atoms with van der Waals surface area (Å²) >= 11 is 0. The van der Waals surface area contributed by atoms with Crippen LogP contribution in [-0.4, -0.2) is 13.1 Å². The molecule has 65 heavy (non-hydrogen) atoms. The predicted molar refractivity (Wildman–Crippen MR) is 301 cm³/mol. The van der Waals surface area contributed by atoms with Gasteiger partial charge in [-0.05, 0) is 132 Å². The summed E-state index contributed by atoms with van der Waals surface area (Å²) < 4.78 is 4.11. The summed E-state index contributed by atoms with van der Waals surface area (Å²) in [6.07, 6.45) is 21.3. The lowest BCUT2D eigenvalue weighted by Crippen LogP contribution is -2.37. The first-order valence-corrected chi connectivity index (χ1v) is 26.9. The molecule has 3 aromatic carbocycles. The molecule has 4 fully saturated rings. The summed E-state index contributed by atoms with van der Waals surface area (Å²) in [4.78, 5) is 9.59. The molecule has 0 heterocycles. The van der Waals surface area contributed by atoms with Gasteiger partial charge >= 0.3 is 5.97 Å². The van der Waals surface area contributed by atoms with Crippen molar-refractivity contribution in [1.82, 2.24) is 0 Å². The minimum absolute atomic E-state index is 0.245. The lowest BCUT2D eigenvalue weighted by atomic mass is 9.55. The van der Waals surface area contributed by atoms with Crippen LogP contribution in [0.4, 0.5) is 0 Å². The van der Waals surface area contributed by atoms with Crippen molar-refractivity contribution in [3.05, 3.63) is 107 Å². The van der Waals surface area contributed by atoms with Gasteiger partial charge in [0.15, 0.2) is 0 Å². The van der Waals surface area contributed by atoms with Crippen LogP contribution < -0.4 is 0 Å². The largest absolute Gasteiger partial charge is 0.469 e. The van der Waals surface area contributed by atoms with Crippen LogP contribution in [0.3, 0.4) is 0 Å². The highest BCUT2D eigenvalue weighted by Gasteiger charge is 2.42. The molecule has 3 aromatic rings. The molecule has 1 atom stereocenters. The molecule has 0 aliphatic heterocycles. The predicted octanol–water partition coefficient (Wildman–Crippen LogP) is 21.6. The van der Waals surface area contributed by atoms with E-state index in [-0.39, 0.29) is 5.97 Å². The molecule has 0 N–H and O–H groups in total. The van der Waals surface area contributed by atoms with Gasteiger partial charge in [-0.1, -0.05) is 250 Å². The maximum absolute atomic E-state index is 9.59. The van der Waals surface area contributed by atoms with Gasteiger partial charge < -0.3 is 4.74 Å².